The zero-order valence-corrected chi connectivity index (χ0v) is 14.2. The van der Waals surface area contributed by atoms with Crippen LogP contribution in [0.25, 0.3) is 0 Å². The smallest absolute Gasteiger partial charge is 0.335 e. The van der Waals surface area contributed by atoms with Crippen LogP contribution in [0, 0.1) is 5.92 Å². The van der Waals surface area contributed by atoms with Crippen LogP contribution in [-0.2, 0) is 19.2 Å². The summed E-state index contributed by atoms with van der Waals surface area (Å²) in [4.78, 5) is 48.1. The Morgan fingerprint density at radius 3 is 2.48 bits per heavy atom. The van der Waals surface area contributed by atoms with Gasteiger partial charge in [0.2, 0.25) is 11.4 Å². The lowest BCUT2D eigenvalue weighted by Crippen LogP contribution is -2.65. The molecule has 1 aliphatic heterocycles. The van der Waals surface area contributed by atoms with Gasteiger partial charge in [-0.1, -0.05) is 6.42 Å². The molecule has 0 saturated carbocycles. The van der Waals surface area contributed by atoms with Gasteiger partial charge in [-0.3, -0.25) is 14.4 Å². The minimum atomic E-state index is -2.43. The van der Waals surface area contributed by atoms with E-state index in [4.69, 9.17) is 11.5 Å². The van der Waals surface area contributed by atoms with Gasteiger partial charge < -0.3 is 27.1 Å². The third-order valence-electron chi connectivity index (χ3n) is 4.45. The second kappa shape index (κ2) is 8.99. The first-order valence-electron chi connectivity index (χ1n) is 8.16. The second-order valence-electron chi connectivity index (χ2n) is 6.17. The van der Waals surface area contributed by atoms with Crippen molar-refractivity contribution < 1.29 is 29.5 Å². The van der Waals surface area contributed by atoms with Gasteiger partial charge in [0.15, 0.2) is 11.6 Å². The molecule has 1 fully saturated rings. The molecule has 10 heteroatoms. The third-order valence-corrected chi connectivity index (χ3v) is 4.45. The summed E-state index contributed by atoms with van der Waals surface area (Å²) in [7, 11) is 0. The zero-order chi connectivity index (χ0) is 19.2. The predicted octanol–water partition coefficient (Wildman–Crippen LogP) is -1.75. The number of nitrogens with zero attached hydrogens (tertiary/aromatic N) is 1. The Morgan fingerprint density at radius 2 is 1.96 bits per heavy atom. The molecule has 1 heterocycles. The van der Waals surface area contributed by atoms with Crippen molar-refractivity contribution in [2.75, 3.05) is 19.6 Å². The number of Topliss-reactive ketones (excluding diaryl/α,β-unsaturated/α-hetero) is 2. The quantitative estimate of drug-likeness (QED) is 0.224. The predicted molar refractivity (Wildman–Crippen MR) is 86.5 cm³/mol. The molecule has 142 valence electrons. The lowest BCUT2D eigenvalue weighted by Gasteiger charge is -2.34. The van der Waals surface area contributed by atoms with Crippen molar-refractivity contribution in [1.29, 1.82) is 0 Å². The fraction of sp³-hybridized carbons (Fsp3) is 0.733. The molecule has 0 spiro atoms. The minimum Gasteiger partial charge on any atom is -0.479 e. The summed E-state index contributed by atoms with van der Waals surface area (Å²) in [6.07, 6.45) is 1.32. The minimum absolute atomic E-state index is 0.0253. The normalized spacial score (nSPS) is 24.7. The van der Waals surface area contributed by atoms with E-state index in [1.54, 1.807) is 0 Å². The summed E-state index contributed by atoms with van der Waals surface area (Å²) in [6, 6.07) is -1.15. The van der Waals surface area contributed by atoms with E-state index >= 15 is 0 Å². The molecule has 0 radical (unpaired) electrons. The highest BCUT2D eigenvalue weighted by Gasteiger charge is 2.63. The van der Waals surface area contributed by atoms with E-state index in [1.807, 2.05) is 0 Å². The molecule has 0 bridgehead atoms. The van der Waals surface area contributed by atoms with Crippen molar-refractivity contribution in [3.05, 3.63) is 0 Å². The van der Waals surface area contributed by atoms with E-state index in [1.165, 1.54) is 6.92 Å². The average Bonchev–Trinajstić information content (AvgIpc) is 2.90. The number of nitrogens with one attached hydrogen (secondary N) is 1. The van der Waals surface area contributed by atoms with E-state index in [0.29, 0.717) is 24.4 Å². The van der Waals surface area contributed by atoms with Gasteiger partial charge >= 0.3 is 5.97 Å². The number of amides is 1. The monoisotopic (exact) mass is 358 g/mol. The van der Waals surface area contributed by atoms with E-state index in [0.717, 1.165) is 0 Å². The fourth-order valence-corrected chi connectivity index (χ4v) is 3.13. The number of rotatable bonds is 10. The maximum absolute atomic E-state index is 12.8. The summed E-state index contributed by atoms with van der Waals surface area (Å²) < 4.78 is 0. The first kappa shape index (κ1) is 21.2. The highest BCUT2D eigenvalue weighted by molar-refractivity contribution is 6.14. The standard InChI is InChI=1S/C15H26N4O6/c1-9(20)18-8-12(21)10-5-7-19(25)15(10,14(23)24)13(22)11(17)4-2-3-6-16/h10-11,25H,2-8,16-17H2,1H3,(H,18,20)(H,23,24). The van der Waals surface area contributed by atoms with Gasteiger partial charge in [-0.25, -0.2) is 4.79 Å². The number of unbranched alkanes of at least 4 members (excludes halogenated alkanes) is 1. The Balaban J connectivity index is 3.08. The van der Waals surface area contributed by atoms with E-state index < -0.39 is 47.5 Å². The molecular weight excluding hydrogens is 332 g/mol. The van der Waals surface area contributed by atoms with E-state index in [-0.39, 0.29) is 19.4 Å². The van der Waals surface area contributed by atoms with Crippen molar-refractivity contribution in [2.24, 2.45) is 17.4 Å². The Bertz CT molecular complexity index is 540. The lowest BCUT2D eigenvalue weighted by atomic mass is 9.76. The van der Waals surface area contributed by atoms with Crippen molar-refractivity contribution >= 4 is 23.4 Å². The Kier molecular flexibility index (Phi) is 7.61. The number of aliphatic carboxylic acids is 1. The molecule has 0 aromatic heterocycles. The maximum atomic E-state index is 12.8. The molecule has 1 amide bonds. The molecule has 25 heavy (non-hydrogen) atoms. The Morgan fingerprint density at radius 1 is 1.32 bits per heavy atom. The summed E-state index contributed by atoms with van der Waals surface area (Å²) in [5.74, 6) is -4.95. The summed E-state index contributed by atoms with van der Waals surface area (Å²) in [5, 5.41) is 22.5. The number of carbonyl (C=O) groups excluding carboxylic acids is 3. The number of hydrogen-bond donors (Lipinski definition) is 5. The number of hydroxylamine groups is 2. The third kappa shape index (κ3) is 4.40. The molecule has 7 N–H and O–H groups in total. The molecule has 1 aliphatic rings. The van der Waals surface area contributed by atoms with Crippen LogP contribution >= 0.6 is 0 Å². The first-order valence-corrected chi connectivity index (χ1v) is 8.16. The topological polar surface area (TPSA) is 176 Å². The van der Waals surface area contributed by atoms with Crippen molar-refractivity contribution in [2.45, 2.75) is 44.2 Å². The van der Waals surface area contributed by atoms with Gasteiger partial charge in [-0.2, -0.15) is 5.06 Å². The Labute approximate surface area is 145 Å². The van der Waals surface area contributed by atoms with Gasteiger partial charge in [0.25, 0.3) is 0 Å². The van der Waals surface area contributed by atoms with Gasteiger partial charge in [-0.15, -0.1) is 0 Å². The van der Waals surface area contributed by atoms with Crippen LogP contribution in [-0.4, -0.2) is 70.0 Å². The number of nitrogens with two attached hydrogens (primary N) is 2. The molecule has 1 rings (SSSR count). The Hall–Kier alpha value is -1.88. The van der Waals surface area contributed by atoms with Gasteiger partial charge in [0, 0.05) is 13.5 Å². The zero-order valence-electron chi connectivity index (χ0n) is 14.2. The molecule has 10 nitrogen and oxygen atoms in total. The number of hydrogen-bond acceptors (Lipinski definition) is 8. The molecule has 0 aromatic carbocycles. The SMILES string of the molecule is CC(=O)NCC(=O)C1CCN(O)C1(C(=O)O)C(=O)C(N)CCCCN. The molecule has 3 atom stereocenters. The van der Waals surface area contributed by atoms with Crippen LogP contribution in [0.5, 0.6) is 0 Å². The van der Waals surface area contributed by atoms with Crippen LogP contribution in [0.1, 0.15) is 32.6 Å². The van der Waals surface area contributed by atoms with Gasteiger partial charge in [0.1, 0.15) is 0 Å². The highest BCUT2D eigenvalue weighted by atomic mass is 16.5. The highest BCUT2D eigenvalue weighted by Crippen LogP contribution is 2.37. The number of ketones is 2. The number of carbonyl (C=O) groups is 4. The van der Waals surface area contributed by atoms with Gasteiger partial charge in [0.05, 0.1) is 18.5 Å². The molecule has 1 saturated heterocycles. The van der Waals surface area contributed by atoms with Crippen LogP contribution < -0.4 is 16.8 Å². The lowest BCUT2D eigenvalue weighted by molar-refractivity contribution is -0.194. The van der Waals surface area contributed by atoms with Crippen LogP contribution in [0.15, 0.2) is 0 Å². The maximum Gasteiger partial charge on any atom is 0.335 e. The summed E-state index contributed by atoms with van der Waals surface area (Å²) in [6.45, 7) is 1.04. The van der Waals surface area contributed by atoms with Crippen molar-refractivity contribution in [1.82, 2.24) is 10.4 Å². The van der Waals surface area contributed by atoms with Gasteiger partial charge in [-0.05, 0) is 25.8 Å². The summed E-state index contributed by atoms with van der Waals surface area (Å²) in [5.41, 5.74) is 8.78. The number of carboxylic acids is 1. The molecular formula is C15H26N4O6. The largest absolute Gasteiger partial charge is 0.479 e. The van der Waals surface area contributed by atoms with E-state index in [2.05, 4.69) is 5.32 Å². The fourth-order valence-electron chi connectivity index (χ4n) is 3.13. The number of carboxylic acid groups (broad SMARTS) is 1. The van der Waals surface area contributed by atoms with E-state index in [9.17, 15) is 29.5 Å². The van der Waals surface area contributed by atoms with Crippen LogP contribution in [0.2, 0.25) is 0 Å². The molecule has 3 unspecified atom stereocenters. The molecule has 0 aliphatic carbocycles. The first-order chi connectivity index (χ1) is 11.7. The van der Waals surface area contributed by atoms with Crippen molar-refractivity contribution in [3.63, 3.8) is 0 Å². The van der Waals surface area contributed by atoms with Crippen LogP contribution in [0.4, 0.5) is 0 Å². The summed E-state index contributed by atoms with van der Waals surface area (Å²) >= 11 is 0. The molecule has 0 aromatic rings. The van der Waals surface area contributed by atoms with Crippen molar-refractivity contribution in [3.8, 4) is 0 Å². The second-order valence-corrected chi connectivity index (χ2v) is 6.17. The van der Waals surface area contributed by atoms with Crippen LogP contribution in [0.3, 0.4) is 0 Å². The average molecular weight is 358 g/mol.